The molecule has 1 aromatic heterocycles. The second kappa shape index (κ2) is 7.67. The van der Waals surface area contributed by atoms with Crippen LogP contribution < -0.4 is 0 Å². The van der Waals surface area contributed by atoms with Crippen molar-refractivity contribution in [1.82, 2.24) is 4.98 Å². The summed E-state index contributed by atoms with van der Waals surface area (Å²) in [6.07, 6.45) is 2.92. The minimum absolute atomic E-state index is 0.00332. The number of carbonyl (C=O) groups is 2. The summed E-state index contributed by atoms with van der Waals surface area (Å²) < 4.78 is 9.83. The summed E-state index contributed by atoms with van der Waals surface area (Å²) in [4.78, 5) is 38.6. The van der Waals surface area contributed by atoms with Crippen molar-refractivity contribution in [3.8, 4) is 0 Å². The maximum atomic E-state index is 12.0. The second-order valence-electron chi connectivity index (χ2n) is 5.10. The van der Waals surface area contributed by atoms with Crippen LogP contribution in [0.1, 0.15) is 49.2 Å². The van der Waals surface area contributed by atoms with Gasteiger partial charge >= 0.3 is 11.9 Å². The molecule has 0 N–H and O–H groups in total. The fraction of sp³-hybridized carbons (Fsp3) is 0.438. The Labute approximate surface area is 138 Å². The van der Waals surface area contributed by atoms with E-state index in [0.717, 1.165) is 6.07 Å². The molecule has 0 amide bonds. The highest BCUT2D eigenvalue weighted by atomic mass is 16.6. The van der Waals surface area contributed by atoms with Crippen LogP contribution in [-0.4, -0.2) is 35.1 Å². The van der Waals surface area contributed by atoms with Crippen LogP contribution in [-0.2, 0) is 14.3 Å². The predicted octanol–water partition coefficient (Wildman–Crippen LogP) is 2.67. The lowest BCUT2D eigenvalue weighted by Gasteiger charge is -2.08. The van der Waals surface area contributed by atoms with Crippen LogP contribution in [0.5, 0.6) is 0 Å². The Morgan fingerprint density at radius 1 is 1.21 bits per heavy atom. The van der Waals surface area contributed by atoms with Gasteiger partial charge in [-0.25, -0.2) is 14.6 Å². The molecule has 8 heteroatoms. The van der Waals surface area contributed by atoms with E-state index in [1.165, 1.54) is 6.20 Å². The molecule has 0 spiro atoms. The first kappa shape index (κ1) is 17.6. The van der Waals surface area contributed by atoms with Gasteiger partial charge in [0.15, 0.2) is 0 Å². The van der Waals surface area contributed by atoms with E-state index in [0.29, 0.717) is 30.4 Å². The van der Waals surface area contributed by atoms with Gasteiger partial charge in [0.25, 0.3) is 5.69 Å². The molecule has 128 valence electrons. The van der Waals surface area contributed by atoms with Gasteiger partial charge in [-0.2, -0.15) is 0 Å². The van der Waals surface area contributed by atoms with Crippen LogP contribution in [0, 0.1) is 10.1 Å². The number of nitro groups is 1. The van der Waals surface area contributed by atoms with Gasteiger partial charge < -0.3 is 9.47 Å². The quantitative estimate of drug-likeness (QED) is 0.447. The molecule has 0 unspecified atom stereocenters. The van der Waals surface area contributed by atoms with Crippen molar-refractivity contribution in [1.29, 1.82) is 0 Å². The monoisotopic (exact) mass is 334 g/mol. The molecule has 0 atom stereocenters. The molecule has 0 radical (unpaired) electrons. The summed E-state index contributed by atoms with van der Waals surface area (Å²) in [5.41, 5.74) is 0.711. The molecule has 1 aliphatic carbocycles. The second-order valence-corrected chi connectivity index (χ2v) is 5.10. The Morgan fingerprint density at radius 2 is 1.88 bits per heavy atom. The highest BCUT2D eigenvalue weighted by Crippen LogP contribution is 2.37. The Kier molecular flexibility index (Phi) is 5.62. The number of esters is 2. The summed E-state index contributed by atoms with van der Waals surface area (Å²) >= 11 is 0. The molecule has 1 heterocycles. The number of pyridine rings is 1. The zero-order valence-electron chi connectivity index (χ0n) is 13.5. The van der Waals surface area contributed by atoms with E-state index in [2.05, 4.69) is 4.98 Å². The molecule has 0 fully saturated rings. The van der Waals surface area contributed by atoms with Crippen LogP contribution >= 0.6 is 0 Å². The van der Waals surface area contributed by atoms with Crippen LogP contribution in [0.3, 0.4) is 0 Å². The number of allylic oxidation sites excluding steroid dienone is 1. The number of rotatable bonds is 6. The third kappa shape index (κ3) is 3.58. The van der Waals surface area contributed by atoms with Gasteiger partial charge in [0.05, 0.1) is 23.7 Å². The minimum atomic E-state index is -0.675. The first-order chi connectivity index (χ1) is 11.5. The van der Waals surface area contributed by atoms with Gasteiger partial charge in [-0.3, -0.25) is 10.1 Å². The predicted molar refractivity (Wildman–Crippen MR) is 84.3 cm³/mol. The largest absolute Gasteiger partial charge is 0.463 e. The van der Waals surface area contributed by atoms with Crippen molar-refractivity contribution in [2.45, 2.75) is 33.1 Å². The van der Waals surface area contributed by atoms with Gasteiger partial charge in [0.2, 0.25) is 0 Å². The van der Waals surface area contributed by atoms with Crippen molar-refractivity contribution in [2.24, 2.45) is 0 Å². The zero-order valence-corrected chi connectivity index (χ0v) is 13.5. The number of ether oxygens (including phenoxy) is 2. The molecular weight excluding hydrogens is 316 g/mol. The molecule has 0 bridgehead atoms. The highest BCUT2D eigenvalue weighted by molar-refractivity contribution is 5.99. The van der Waals surface area contributed by atoms with Crippen molar-refractivity contribution >= 4 is 23.2 Å². The number of hydrogen-bond acceptors (Lipinski definition) is 7. The average molecular weight is 334 g/mol. The topological polar surface area (TPSA) is 109 Å². The summed E-state index contributed by atoms with van der Waals surface area (Å²) in [5.74, 6) is -1.15. The number of nitrogens with zero attached hydrogens (tertiary/aromatic N) is 2. The maximum Gasteiger partial charge on any atom is 0.339 e. The van der Waals surface area contributed by atoms with Crippen molar-refractivity contribution in [2.75, 3.05) is 13.2 Å². The molecule has 0 saturated carbocycles. The SMILES string of the molecule is CCOC(=O)C1=C(c2ncc(C(=O)OCC)cc2[N+](=O)[O-])CCC1. The summed E-state index contributed by atoms with van der Waals surface area (Å²) in [5, 5.41) is 11.4. The van der Waals surface area contributed by atoms with Gasteiger partial charge in [0.1, 0.15) is 5.69 Å². The normalized spacial score (nSPS) is 13.8. The average Bonchev–Trinajstić information content (AvgIpc) is 3.04. The molecule has 8 nitrogen and oxygen atoms in total. The van der Waals surface area contributed by atoms with E-state index in [1.807, 2.05) is 0 Å². The lowest BCUT2D eigenvalue weighted by Crippen LogP contribution is -2.10. The van der Waals surface area contributed by atoms with Crippen molar-refractivity contribution in [3.63, 3.8) is 0 Å². The number of hydrogen-bond donors (Lipinski definition) is 0. The lowest BCUT2D eigenvalue weighted by molar-refractivity contribution is -0.385. The van der Waals surface area contributed by atoms with E-state index in [4.69, 9.17) is 9.47 Å². The van der Waals surface area contributed by atoms with Gasteiger partial charge in [0, 0.05) is 17.8 Å². The third-order valence-corrected chi connectivity index (χ3v) is 3.60. The van der Waals surface area contributed by atoms with Gasteiger partial charge in [-0.1, -0.05) is 0 Å². The Bertz CT molecular complexity index is 711. The van der Waals surface area contributed by atoms with E-state index in [9.17, 15) is 19.7 Å². The van der Waals surface area contributed by atoms with E-state index >= 15 is 0 Å². The maximum absolute atomic E-state index is 12.0. The molecule has 1 aromatic rings. The molecule has 24 heavy (non-hydrogen) atoms. The number of carbonyl (C=O) groups excluding carboxylic acids is 2. The smallest absolute Gasteiger partial charge is 0.339 e. The Hall–Kier alpha value is -2.77. The third-order valence-electron chi connectivity index (χ3n) is 3.60. The molecule has 0 saturated heterocycles. The Morgan fingerprint density at radius 3 is 2.50 bits per heavy atom. The highest BCUT2D eigenvalue weighted by Gasteiger charge is 2.29. The fourth-order valence-electron chi connectivity index (χ4n) is 2.60. The van der Waals surface area contributed by atoms with Gasteiger partial charge in [-0.15, -0.1) is 0 Å². The molecule has 2 rings (SSSR count). The summed E-state index contributed by atoms with van der Waals surface area (Å²) in [6.45, 7) is 3.73. The van der Waals surface area contributed by atoms with Crippen LogP contribution in [0.15, 0.2) is 17.8 Å². The standard InChI is InChI=1S/C16H18N2O6/c1-3-23-15(19)10-8-13(18(21)22)14(17-9-10)11-6-5-7-12(11)16(20)24-4-2/h8-9H,3-7H2,1-2H3. The van der Waals surface area contributed by atoms with E-state index in [-0.39, 0.29) is 30.2 Å². The van der Waals surface area contributed by atoms with Crippen molar-refractivity contribution in [3.05, 3.63) is 39.2 Å². The summed E-state index contributed by atoms with van der Waals surface area (Å²) in [6, 6.07) is 1.13. The first-order valence-corrected chi connectivity index (χ1v) is 7.70. The van der Waals surface area contributed by atoms with Gasteiger partial charge in [-0.05, 0) is 38.7 Å². The van der Waals surface area contributed by atoms with Crippen LogP contribution in [0.2, 0.25) is 0 Å². The molecular formula is C16H18N2O6. The zero-order chi connectivity index (χ0) is 17.7. The molecule has 0 aromatic carbocycles. The fourth-order valence-corrected chi connectivity index (χ4v) is 2.60. The Balaban J connectivity index is 2.49. The van der Waals surface area contributed by atoms with Crippen LogP contribution in [0.4, 0.5) is 5.69 Å². The van der Waals surface area contributed by atoms with E-state index in [1.54, 1.807) is 13.8 Å². The molecule has 1 aliphatic rings. The van der Waals surface area contributed by atoms with E-state index < -0.39 is 16.9 Å². The van der Waals surface area contributed by atoms with Crippen molar-refractivity contribution < 1.29 is 24.0 Å². The summed E-state index contributed by atoms with van der Waals surface area (Å²) in [7, 11) is 0. The lowest BCUT2D eigenvalue weighted by atomic mass is 10.0. The number of aromatic nitrogens is 1. The minimum Gasteiger partial charge on any atom is -0.463 e. The molecule has 0 aliphatic heterocycles. The first-order valence-electron chi connectivity index (χ1n) is 7.70. The van der Waals surface area contributed by atoms with Crippen LogP contribution in [0.25, 0.3) is 5.57 Å².